The highest BCUT2D eigenvalue weighted by Crippen LogP contribution is 2.25. The number of carboxylic acids is 1. The Balaban J connectivity index is 2.76. The van der Waals surface area contributed by atoms with Gasteiger partial charge >= 0.3 is 5.97 Å². The van der Waals surface area contributed by atoms with Crippen LogP contribution in [-0.2, 0) is 9.59 Å². The van der Waals surface area contributed by atoms with Crippen LogP contribution in [0.3, 0.4) is 0 Å². The predicted molar refractivity (Wildman–Crippen MR) is 51.3 cm³/mol. The van der Waals surface area contributed by atoms with E-state index >= 15 is 0 Å². The fourth-order valence-electron chi connectivity index (χ4n) is 0.902. The fourth-order valence-corrected chi connectivity index (χ4v) is 1.89. The average Bonchev–Trinajstić information content (AvgIpc) is 2.50. The number of nitrogens with zero attached hydrogens (tertiary/aromatic N) is 1. The Morgan fingerprint density at radius 3 is 3.00 bits per heavy atom. The van der Waals surface area contributed by atoms with Gasteiger partial charge < -0.3 is 10.4 Å². The third kappa shape index (κ3) is 2.97. The lowest BCUT2D eigenvalue weighted by molar-refractivity contribution is -0.137. The molecule has 76 valence electrons. The fraction of sp³-hybridized carbons (Fsp3) is 0.286. The van der Waals surface area contributed by atoms with Crippen molar-refractivity contribution in [2.75, 3.05) is 0 Å². The molecule has 0 saturated carbocycles. The monoisotopic (exact) mass is 234 g/mol. The van der Waals surface area contributed by atoms with Crippen LogP contribution in [0, 0.1) is 0 Å². The summed E-state index contributed by atoms with van der Waals surface area (Å²) in [4.78, 5) is 24.6. The number of hydrogen-bond acceptors (Lipinski definition) is 4. The summed E-state index contributed by atoms with van der Waals surface area (Å²) < 4.78 is 0.461. The van der Waals surface area contributed by atoms with E-state index in [1.165, 1.54) is 6.20 Å². The number of carboxylic acid groups (broad SMARTS) is 1. The summed E-state index contributed by atoms with van der Waals surface area (Å²) in [7, 11) is 0. The topological polar surface area (TPSA) is 79.3 Å². The van der Waals surface area contributed by atoms with E-state index < -0.39 is 12.0 Å². The first-order chi connectivity index (χ1) is 6.63. The van der Waals surface area contributed by atoms with Crippen LogP contribution in [-0.4, -0.2) is 22.5 Å². The number of rotatable bonds is 5. The second-order valence-corrected chi connectivity index (χ2v) is 4.13. The SMILES string of the molecule is O=CNC(CC(=O)O)c1ncc(Cl)s1. The number of thiazole rings is 1. The smallest absolute Gasteiger partial charge is 0.305 e. The van der Waals surface area contributed by atoms with Crippen LogP contribution in [0.4, 0.5) is 0 Å². The molecule has 1 aromatic rings. The molecule has 1 aromatic heterocycles. The van der Waals surface area contributed by atoms with Gasteiger partial charge in [0.05, 0.1) is 18.7 Å². The summed E-state index contributed by atoms with van der Waals surface area (Å²) in [5.41, 5.74) is 0. The lowest BCUT2D eigenvalue weighted by Gasteiger charge is -2.09. The summed E-state index contributed by atoms with van der Waals surface area (Å²) in [6.07, 6.45) is 1.66. The molecule has 2 N–H and O–H groups in total. The number of halogens is 1. The summed E-state index contributed by atoms with van der Waals surface area (Å²) >= 11 is 6.78. The van der Waals surface area contributed by atoms with Crippen molar-refractivity contribution in [1.82, 2.24) is 10.3 Å². The summed E-state index contributed by atoms with van der Waals surface area (Å²) in [6, 6.07) is -0.609. The highest BCUT2D eigenvalue weighted by Gasteiger charge is 2.17. The average molecular weight is 235 g/mol. The quantitative estimate of drug-likeness (QED) is 0.747. The third-order valence-electron chi connectivity index (χ3n) is 1.44. The lowest BCUT2D eigenvalue weighted by atomic mass is 10.2. The van der Waals surface area contributed by atoms with E-state index in [2.05, 4.69) is 10.3 Å². The molecule has 0 aromatic carbocycles. The minimum atomic E-state index is -1.00. The van der Waals surface area contributed by atoms with E-state index in [-0.39, 0.29) is 6.42 Å². The second-order valence-electron chi connectivity index (χ2n) is 2.44. The molecule has 1 atom stereocenters. The van der Waals surface area contributed by atoms with Crippen molar-refractivity contribution in [3.05, 3.63) is 15.5 Å². The van der Waals surface area contributed by atoms with E-state index in [0.717, 1.165) is 11.3 Å². The van der Waals surface area contributed by atoms with Gasteiger partial charge in [-0.1, -0.05) is 11.6 Å². The molecule has 1 amide bonds. The molecule has 1 heterocycles. The number of nitrogens with one attached hydrogen (secondary N) is 1. The zero-order valence-corrected chi connectivity index (χ0v) is 8.51. The van der Waals surface area contributed by atoms with Gasteiger partial charge in [-0.25, -0.2) is 4.98 Å². The minimum absolute atomic E-state index is 0.206. The van der Waals surface area contributed by atoms with E-state index in [1.807, 2.05) is 0 Å². The highest BCUT2D eigenvalue weighted by atomic mass is 35.5. The van der Waals surface area contributed by atoms with Gasteiger partial charge in [-0.3, -0.25) is 9.59 Å². The van der Waals surface area contributed by atoms with Gasteiger partial charge in [-0.15, -0.1) is 11.3 Å². The number of carbonyl (C=O) groups is 2. The second kappa shape index (κ2) is 4.92. The van der Waals surface area contributed by atoms with Crippen LogP contribution in [0.25, 0.3) is 0 Å². The third-order valence-corrected chi connectivity index (χ3v) is 2.67. The van der Waals surface area contributed by atoms with Crippen molar-refractivity contribution in [1.29, 1.82) is 0 Å². The molecule has 14 heavy (non-hydrogen) atoms. The molecule has 0 aliphatic heterocycles. The number of hydrogen-bond donors (Lipinski definition) is 2. The first kappa shape index (κ1) is 10.9. The van der Waals surface area contributed by atoms with Gasteiger partial charge in [0.1, 0.15) is 9.34 Å². The molecule has 0 saturated heterocycles. The number of carbonyl (C=O) groups excluding carboxylic acids is 1. The van der Waals surface area contributed by atoms with Gasteiger partial charge in [0.25, 0.3) is 0 Å². The van der Waals surface area contributed by atoms with Crippen LogP contribution in [0.1, 0.15) is 17.5 Å². The van der Waals surface area contributed by atoms with Crippen LogP contribution < -0.4 is 5.32 Å². The molecule has 1 rings (SSSR count). The summed E-state index contributed by atoms with van der Waals surface area (Å²) in [5.74, 6) is -1.00. The van der Waals surface area contributed by atoms with Gasteiger partial charge in [-0.2, -0.15) is 0 Å². The number of amides is 1. The number of aliphatic carboxylic acids is 1. The Morgan fingerprint density at radius 1 is 1.86 bits per heavy atom. The van der Waals surface area contributed by atoms with Crippen molar-refractivity contribution in [3.63, 3.8) is 0 Å². The standard InChI is InChI=1S/C7H7ClN2O3S/c8-5-2-9-7(14-5)4(10-3-11)1-6(12)13/h2-4H,1H2,(H,10,11)(H,12,13). The van der Waals surface area contributed by atoms with Crippen molar-refractivity contribution < 1.29 is 14.7 Å². The van der Waals surface area contributed by atoms with Gasteiger partial charge in [0.2, 0.25) is 6.41 Å². The van der Waals surface area contributed by atoms with E-state index in [0.29, 0.717) is 15.8 Å². The first-order valence-electron chi connectivity index (χ1n) is 3.66. The van der Waals surface area contributed by atoms with Gasteiger partial charge in [0.15, 0.2) is 0 Å². The molecule has 0 radical (unpaired) electrons. The maximum Gasteiger partial charge on any atom is 0.305 e. The first-order valence-corrected chi connectivity index (χ1v) is 4.85. The molecule has 0 bridgehead atoms. The molecule has 1 unspecified atom stereocenters. The van der Waals surface area contributed by atoms with Crippen molar-refractivity contribution in [2.45, 2.75) is 12.5 Å². The van der Waals surface area contributed by atoms with Crippen LogP contribution in [0.5, 0.6) is 0 Å². The van der Waals surface area contributed by atoms with Crippen LogP contribution in [0.2, 0.25) is 4.34 Å². The van der Waals surface area contributed by atoms with Gasteiger partial charge in [-0.05, 0) is 0 Å². The Bertz CT molecular complexity index is 341. The number of aromatic nitrogens is 1. The Labute approximate surface area is 88.7 Å². The molecule has 0 spiro atoms. The predicted octanol–water partition coefficient (Wildman–Crippen LogP) is 1.06. The van der Waals surface area contributed by atoms with Gasteiger partial charge in [0, 0.05) is 0 Å². The van der Waals surface area contributed by atoms with E-state index in [1.54, 1.807) is 0 Å². The van der Waals surface area contributed by atoms with E-state index in [9.17, 15) is 9.59 Å². The largest absolute Gasteiger partial charge is 0.481 e. The highest BCUT2D eigenvalue weighted by molar-refractivity contribution is 7.15. The molecule has 0 aliphatic carbocycles. The maximum atomic E-state index is 10.5. The summed E-state index contributed by atoms with van der Waals surface area (Å²) in [6.45, 7) is 0. The zero-order valence-electron chi connectivity index (χ0n) is 6.94. The molecule has 5 nitrogen and oxygen atoms in total. The van der Waals surface area contributed by atoms with Crippen molar-refractivity contribution in [3.8, 4) is 0 Å². The van der Waals surface area contributed by atoms with Crippen LogP contribution in [0.15, 0.2) is 6.20 Å². The minimum Gasteiger partial charge on any atom is -0.481 e. The van der Waals surface area contributed by atoms with E-state index in [4.69, 9.17) is 16.7 Å². The van der Waals surface area contributed by atoms with Crippen LogP contribution >= 0.6 is 22.9 Å². The Kier molecular flexibility index (Phi) is 3.84. The zero-order chi connectivity index (χ0) is 10.6. The summed E-state index contributed by atoms with van der Waals surface area (Å²) in [5, 5.41) is 11.4. The molecular weight excluding hydrogens is 228 g/mol. The lowest BCUT2D eigenvalue weighted by Crippen LogP contribution is -2.22. The van der Waals surface area contributed by atoms with Crippen molar-refractivity contribution >= 4 is 35.3 Å². The Morgan fingerprint density at radius 2 is 2.57 bits per heavy atom. The Hall–Kier alpha value is -1.14. The maximum absolute atomic E-state index is 10.5. The molecule has 0 aliphatic rings. The van der Waals surface area contributed by atoms with Crippen molar-refractivity contribution in [2.24, 2.45) is 0 Å². The molecular formula is C7H7ClN2O3S. The molecule has 7 heteroatoms. The normalized spacial score (nSPS) is 12.1. The molecule has 0 fully saturated rings.